The highest BCUT2D eigenvalue weighted by molar-refractivity contribution is 5.94. The second-order valence-electron chi connectivity index (χ2n) is 7.12. The molecule has 0 fully saturated rings. The van der Waals surface area contributed by atoms with Gasteiger partial charge in [-0.15, -0.1) is 0 Å². The third-order valence-electron chi connectivity index (χ3n) is 4.36. The first-order valence-corrected chi connectivity index (χ1v) is 10.3. The van der Waals surface area contributed by atoms with Gasteiger partial charge < -0.3 is 49.1 Å². The number of hydrogen-bond donors (Lipinski definition) is 9. The first kappa shape index (κ1) is 29.5. The lowest BCUT2D eigenvalue weighted by Gasteiger charge is -2.24. The van der Waals surface area contributed by atoms with Gasteiger partial charge in [-0.1, -0.05) is 0 Å². The van der Waals surface area contributed by atoms with Gasteiger partial charge in [0.25, 0.3) is 0 Å². The molecule has 0 rings (SSSR count). The number of hydrogen-bond acceptors (Lipinski definition) is 8. The third-order valence-corrected chi connectivity index (χ3v) is 4.36. The van der Waals surface area contributed by atoms with Crippen molar-refractivity contribution in [2.24, 2.45) is 27.9 Å². The molecule has 0 aromatic carbocycles. The SMILES string of the molecule is NCCCCC(NC(=O)C(CCCN=C(N)N)NC(=O)CN)C(=O)NC(CC(=O)O)C(=O)O. The number of aliphatic imine (C=N–C) groups is 1. The van der Waals surface area contributed by atoms with Crippen molar-refractivity contribution < 1.29 is 34.2 Å². The van der Waals surface area contributed by atoms with Crippen molar-refractivity contribution in [1.82, 2.24) is 16.0 Å². The number of carboxylic acid groups (broad SMARTS) is 2. The van der Waals surface area contributed by atoms with Crippen LogP contribution < -0.4 is 38.9 Å². The van der Waals surface area contributed by atoms with Crippen LogP contribution in [0.25, 0.3) is 0 Å². The number of nitrogens with two attached hydrogens (primary N) is 4. The lowest BCUT2D eigenvalue weighted by molar-refractivity contribution is -0.147. The predicted molar refractivity (Wildman–Crippen MR) is 118 cm³/mol. The molecule has 0 spiro atoms. The summed E-state index contributed by atoms with van der Waals surface area (Å²) in [7, 11) is 0. The Bertz CT molecular complexity index is 712. The van der Waals surface area contributed by atoms with Crippen LogP contribution >= 0.6 is 0 Å². The molecule has 15 heteroatoms. The fourth-order valence-corrected chi connectivity index (χ4v) is 2.71. The van der Waals surface area contributed by atoms with Crippen LogP contribution in [-0.4, -0.2) is 83.6 Å². The molecule has 0 heterocycles. The summed E-state index contributed by atoms with van der Waals surface area (Å²) in [6.07, 6.45) is 0.677. The Balaban J connectivity index is 5.41. The lowest BCUT2D eigenvalue weighted by atomic mass is 10.1. The van der Waals surface area contributed by atoms with E-state index in [2.05, 4.69) is 20.9 Å². The summed E-state index contributed by atoms with van der Waals surface area (Å²) < 4.78 is 0. The molecule has 0 aliphatic rings. The predicted octanol–water partition coefficient (Wildman–Crippen LogP) is -3.86. The van der Waals surface area contributed by atoms with Crippen molar-refractivity contribution >= 4 is 35.6 Å². The molecule has 0 aromatic heterocycles. The van der Waals surface area contributed by atoms with E-state index in [9.17, 15) is 24.0 Å². The Morgan fingerprint density at radius 2 is 1.33 bits per heavy atom. The highest BCUT2D eigenvalue weighted by Gasteiger charge is 2.30. The molecule has 0 aliphatic heterocycles. The van der Waals surface area contributed by atoms with E-state index >= 15 is 0 Å². The van der Waals surface area contributed by atoms with Crippen LogP contribution in [-0.2, 0) is 24.0 Å². The van der Waals surface area contributed by atoms with E-state index in [-0.39, 0.29) is 31.9 Å². The number of aliphatic carboxylic acids is 2. The zero-order valence-electron chi connectivity index (χ0n) is 18.3. The number of rotatable bonds is 17. The minimum absolute atomic E-state index is 0.111. The molecule has 3 amide bonds. The van der Waals surface area contributed by atoms with Gasteiger partial charge in [0.05, 0.1) is 13.0 Å². The van der Waals surface area contributed by atoms with Crippen LogP contribution in [0.15, 0.2) is 4.99 Å². The van der Waals surface area contributed by atoms with Gasteiger partial charge >= 0.3 is 11.9 Å². The van der Waals surface area contributed by atoms with Gasteiger partial charge in [0, 0.05) is 6.54 Å². The van der Waals surface area contributed by atoms with E-state index in [1.165, 1.54) is 0 Å². The maximum absolute atomic E-state index is 12.8. The van der Waals surface area contributed by atoms with Crippen LogP contribution in [0, 0.1) is 0 Å². The van der Waals surface area contributed by atoms with E-state index in [4.69, 9.17) is 33.1 Å². The zero-order chi connectivity index (χ0) is 25.4. The smallest absolute Gasteiger partial charge is 0.326 e. The quantitative estimate of drug-likeness (QED) is 0.0558. The summed E-state index contributed by atoms with van der Waals surface area (Å²) in [6.45, 7) is 0.160. The number of nitrogens with one attached hydrogen (secondary N) is 3. The third kappa shape index (κ3) is 13.5. The van der Waals surface area contributed by atoms with E-state index in [0.717, 1.165) is 0 Å². The Labute approximate surface area is 190 Å². The van der Waals surface area contributed by atoms with Crippen molar-refractivity contribution in [3.05, 3.63) is 0 Å². The van der Waals surface area contributed by atoms with Crippen LogP contribution in [0.5, 0.6) is 0 Å². The van der Waals surface area contributed by atoms with Gasteiger partial charge in [0.2, 0.25) is 17.7 Å². The first-order chi connectivity index (χ1) is 15.5. The summed E-state index contributed by atoms with van der Waals surface area (Å²) in [5, 5.41) is 25.0. The van der Waals surface area contributed by atoms with E-state index < -0.39 is 54.2 Å². The number of guanidine groups is 1. The normalized spacial score (nSPS) is 13.2. The number of carbonyl (C=O) groups is 5. The second kappa shape index (κ2) is 16.2. The molecule has 0 saturated heterocycles. The molecule has 15 nitrogen and oxygen atoms in total. The van der Waals surface area contributed by atoms with Crippen LogP contribution in [0.4, 0.5) is 0 Å². The molecule has 0 saturated carbocycles. The highest BCUT2D eigenvalue weighted by atomic mass is 16.4. The van der Waals surface area contributed by atoms with Gasteiger partial charge in [-0.25, -0.2) is 4.79 Å². The van der Waals surface area contributed by atoms with Gasteiger partial charge in [-0.2, -0.15) is 0 Å². The molecule has 0 radical (unpaired) electrons. The van der Waals surface area contributed by atoms with Gasteiger partial charge in [0.15, 0.2) is 5.96 Å². The Hall–Kier alpha value is -3.46. The average molecular weight is 475 g/mol. The van der Waals surface area contributed by atoms with Crippen LogP contribution in [0.1, 0.15) is 38.5 Å². The fourth-order valence-electron chi connectivity index (χ4n) is 2.71. The van der Waals surface area contributed by atoms with Crippen molar-refractivity contribution in [2.75, 3.05) is 19.6 Å². The Morgan fingerprint density at radius 3 is 1.82 bits per heavy atom. The molecule has 0 aliphatic carbocycles. The van der Waals surface area contributed by atoms with E-state index in [1.54, 1.807) is 0 Å². The van der Waals surface area contributed by atoms with Crippen molar-refractivity contribution in [3.63, 3.8) is 0 Å². The highest BCUT2D eigenvalue weighted by Crippen LogP contribution is 2.06. The number of unbranched alkanes of at least 4 members (excludes halogenated alkanes) is 1. The molecule has 13 N–H and O–H groups in total. The molecule has 0 bridgehead atoms. The van der Waals surface area contributed by atoms with Gasteiger partial charge in [-0.05, 0) is 38.6 Å². The monoisotopic (exact) mass is 474 g/mol. The maximum atomic E-state index is 12.8. The molecule has 188 valence electrons. The molecular formula is C18H34N8O7. The Morgan fingerprint density at radius 1 is 0.788 bits per heavy atom. The number of amides is 3. The largest absolute Gasteiger partial charge is 0.481 e. The standard InChI is InChI=1S/C18H34N8O7/c19-6-2-1-4-11(16(31)26-12(17(32)33)8-14(28)29)25-15(30)10(24-13(27)9-20)5-3-7-23-18(21)22/h10-12H,1-9,19-20H2,(H,24,27)(H,25,30)(H,26,31)(H,28,29)(H,32,33)(H4,21,22,23). The number of nitrogens with zero attached hydrogens (tertiary/aromatic N) is 1. The molecule has 3 unspecified atom stereocenters. The maximum Gasteiger partial charge on any atom is 0.326 e. The molecule has 33 heavy (non-hydrogen) atoms. The van der Waals surface area contributed by atoms with Gasteiger partial charge in [-0.3, -0.25) is 24.2 Å². The Kier molecular flexibility index (Phi) is 14.5. The average Bonchev–Trinajstić information content (AvgIpc) is 2.73. The number of carboxylic acids is 2. The summed E-state index contributed by atoms with van der Waals surface area (Å²) in [5.74, 6) is -5.28. The molecule has 0 aromatic rings. The van der Waals surface area contributed by atoms with Crippen molar-refractivity contribution in [3.8, 4) is 0 Å². The minimum Gasteiger partial charge on any atom is -0.481 e. The van der Waals surface area contributed by atoms with Crippen LogP contribution in [0.3, 0.4) is 0 Å². The van der Waals surface area contributed by atoms with Crippen LogP contribution in [0.2, 0.25) is 0 Å². The lowest BCUT2D eigenvalue weighted by Crippen LogP contribution is -2.56. The summed E-state index contributed by atoms with van der Waals surface area (Å²) in [4.78, 5) is 63.1. The first-order valence-electron chi connectivity index (χ1n) is 10.3. The van der Waals surface area contributed by atoms with Crippen molar-refractivity contribution in [1.29, 1.82) is 0 Å². The molecular weight excluding hydrogens is 440 g/mol. The van der Waals surface area contributed by atoms with E-state index in [1.807, 2.05) is 0 Å². The fraction of sp³-hybridized carbons (Fsp3) is 0.667. The van der Waals surface area contributed by atoms with Crippen molar-refractivity contribution in [2.45, 2.75) is 56.7 Å². The zero-order valence-corrected chi connectivity index (χ0v) is 18.3. The summed E-state index contributed by atoms with van der Waals surface area (Å²) in [6, 6.07) is -3.93. The topological polar surface area (TPSA) is 278 Å². The van der Waals surface area contributed by atoms with E-state index in [0.29, 0.717) is 25.8 Å². The second-order valence-corrected chi connectivity index (χ2v) is 7.12. The summed E-state index contributed by atoms with van der Waals surface area (Å²) >= 11 is 0. The minimum atomic E-state index is -1.68. The number of carbonyl (C=O) groups excluding carboxylic acids is 3. The molecule has 3 atom stereocenters. The van der Waals surface area contributed by atoms with Gasteiger partial charge in [0.1, 0.15) is 18.1 Å². The summed E-state index contributed by atoms with van der Waals surface area (Å²) in [5.41, 5.74) is 21.2.